The largest absolute Gasteiger partial charge is 1.00 e. The van der Waals surface area contributed by atoms with E-state index in [1.54, 1.807) is 24.3 Å². The molecule has 6 nitrogen and oxygen atoms in total. The van der Waals surface area contributed by atoms with Crippen LogP contribution < -0.4 is 34.3 Å². The Balaban J connectivity index is 0.00000363. The number of tetrazole rings is 1. The van der Waals surface area contributed by atoms with Gasteiger partial charge in [-0.05, 0) is 54.7 Å². The van der Waals surface area contributed by atoms with Gasteiger partial charge in [-0.3, -0.25) is 0 Å². The van der Waals surface area contributed by atoms with Gasteiger partial charge >= 0.3 is 29.6 Å². The smallest absolute Gasteiger partial charge is 0.507 e. The molecule has 3 rings (SSSR count). The number of aromatic hydroxyl groups is 1. The zero-order chi connectivity index (χ0) is 22.4. The summed E-state index contributed by atoms with van der Waals surface area (Å²) in [5.41, 5.74) is 2.40. The normalized spacial score (nSPS) is 11.3. The van der Waals surface area contributed by atoms with E-state index >= 15 is 0 Å². The van der Waals surface area contributed by atoms with Crippen LogP contribution in [-0.4, -0.2) is 32.3 Å². The molecule has 0 fully saturated rings. The van der Waals surface area contributed by atoms with Crippen molar-refractivity contribution >= 4 is 23.2 Å². The summed E-state index contributed by atoms with van der Waals surface area (Å²) in [4.78, 5) is 0. The van der Waals surface area contributed by atoms with Gasteiger partial charge in [-0.15, -0.1) is 10.2 Å². The Morgan fingerprint density at radius 3 is 2.38 bits per heavy atom. The zero-order valence-corrected chi connectivity index (χ0v) is 22.6. The van der Waals surface area contributed by atoms with E-state index in [2.05, 4.69) is 41.4 Å². The molecule has 166 valence electrons. The fourth-order valence-corrected chi connectivity index (χ4v) is 4.08. The van der Waals surface area contributed by atoms with Crippen LogP contribution in [0.4, 0.5) is 0 Å². The molecule has 0 aliphatic rings. The Labute approximate surface area is 221 Å². The maximum Gasteiger partial charge on any atom is 1.00 e. The van der Waals surface area contributed by atoms with Crippen molar-refractivity contribution < 1.29 is 39.4 Å². The van der Waals surface area contributed by atoms with E-state index in [4.69, 9.17) is 27.9 Å². The number of nitrogens with one attached hydrogen (secondary N) is 1. The molecule has 1 aromatic heterocycles. The van der Waals surface area contributed by atoms with Gasteiger partial charge in [-0.2, -0.15) is 5.21 Å². The number of H-pyrrole nitrogens is 1. The van der Waals surface area contributed by atoms with Gasteiger partial charge in [-0.1, -0.05) is 62.0 Å². The standard InChI is InChI=1S/C23H28Cl2N4O2.Na/c1-4-15-12-19(16-10-17(24)13-18(25)11-16)20(30)14-21(15)31-9-7-5-6-8-23(2,3)22-26-28-29-27-22;/h10-14,30H,4-9H2,1-3H3,(H,26,27,28,29);/q;+1. The van der Waals surface area contributed by atoms with Crippen molar-refractivity contribution in [1.29, 1.82) is 0 Å². The van der Waals surface area contributed by atoms with Gasteiger partial charge in [0.05, 0.1) is 6.61 Å². The Morgan fingerprint density at radius 2 is 1.75 bits per heavy atom. The maximum atomic E-state index is 10.6. The van der Waals surface area contributed by atoms with Crippen LogP contribution in [0.15, 0.2) is 30.3 Å². The number of phenolic OH excluding ortho intramolecular Hbond substituents is 1. The Bertz CT molecular complexity index is 993. The fourth-order valence-electron chi connectivity index (χ4n) is 3.55. The van der Waals surface area contributed by atoms with Crippen molar-refractivity contribution in [2.24, 2.45) is 0 Å². The van der Waals surface area contributed by atoms with Crippen LogP contribution in [0.25, 0.3) is 11.1 Å². The molecule has 0 aliphatic carbocycles. The minimum absolute atomic E-state index is 0. The van der Waals surface area contributed by atoms with Crippen LogP contribution in [0.5, 0.6) is 11.5 Å². The molecule has 2 N–H and O–H groups in total. The number of aromatic nitrogens is 4. The molecule has 0 radical (unpaired) electrons. The summed E-state index contributed by atoms with van der Waals surface area (Å²) in [5, 5.41) is 26.0. The number of hydrogen-bond acceptors (Lipinski definition) is 5. The number of unbranched alkanes of at least 4 members (excludes halogenated alkanes) is 2. The summed E-state index contributed by atoms with van der Waals surface area (Å²) in [5.74, 6) is 1.60. The predicted octanol–water partition coefficient (Wildman–Crippen LogP) is 3.36. The molecular weight excluding hydrogens is 458 g/mol. The van der Waals surface area contributed by atoms with Crippen molar-refractivity contribution in [3.8, 4) is 22.6 Å². The summed E-state index contributed by atoms with van der Waals surface area (Å²) in [6, 6.07) is 8.88. The number of ether oxygens (including phenoxy) is 1. The monoisotopic (exact) mass is 485 g/mol. The van der Waals surface area contributed by atoms with Crippen molar-refractivity contribution in [3.63, 3.8) is 0 Å². The van der Waals surface area contributed by atoms with Crippen molar-refractivity contribution in [3.05, 3.63) is 51.8 Å². The summed E-state index contributed by atoms with van der Waals surface area (Å²) < 4.78 is 6.00. The Kier molecular flexibility index (Phi) is 10.3. The number of nitrogens with zero attached hydrogens (tertiary/aromatic N) is 3. The van der Waals surface area contributed by atoms with Gasteiger partial charge in [0.1, 0.15) is 11.5 Å². The van der Waals surface area contributed by atoms with Crippen molar-refractivity contribution in [2.45, 2.75) is 58.3 Å². The van der Waals surface area contributed by atoms with Gasteiger partial charge in [-0.25, -0.2) is 0 Å². The van der Waals surface area contributed by atoms with Gasteiger partial charge in [0, 0.05) is 27.1 Å². The molecule has 0 spiro atoms. The molecular formula is C23H28Cl2N4NaO2+. The molecule has 0 atom stereocenters. The van der Waals surface area contributed by atoms with E-state index in [9.17, 15) is 5.11 Å². The average Bonchev–Trinajstić information content (AvgIpc) is 3.26. The second-order valence-electron chi connectivity index (χ2n) is 8.27. The zero-order valence-electron chi connectivity index (χ0n) is 19.1. The minimum Gasteiger partial charge on any atom is -0.507 e. The van der Waals surface area contributed by atoms with E-state index < -0.39 is 0 Å². The first-order valence-electron chi connectivity index (χ1n) is 10.5. The van der Waals surface area contributed by atoms with Crippen LogP contribution >= 0.6 is 23.2 Å². The molecule has 9 heteroatoms. The first kappa shape index (κ1) is 26.9. The molecule has 32 heavy (non-hydrogen) atoms. The third-order valence-corrected chi connectivity index (χ3v) is 5.82. The van der Waals surface area contributed by atoms with E-state index in [1.165, 1.54) is 0 Å². The number of rotatable bonds is 10. The number of benzene rings is 2. The average molecular weight is 486 g/mol. The number of halogens is 2. The van der Waals surface area contributed by atoms with E-state index in [0.29, 0.717) is 28.0 Å². The molecule has 0 bridgehead atoms. The topological polar surface area (TPSA) is 83.9 Å². The molecule has 0 unspecified atom stereocenters. The van der Waals surface area contributed by atoms with Gasteiger partial charge in [0.15, 0.2) is 5.82 Å². The van der Waals surface area contributed by atoms with Crippen LogP contribution in [0, 0.1) is 0 Å². The SMILES string of the molecule is CCc1cc(-c2cc(Cl)cc(Cl)c2)c(O)cc1OCCCCCC(C)(C)c1nn[nH]n1.[Na+]. The summed E-state index contributed by atoms with van der Waals surface area (Å²) in [6.07, 6.45) is 4.77. The van der Waals surface area contributed by atoms with E-state index in [-0.39, 0.29) is 40.7 Å². The van der Waals surface area contributed by atoms with Crippen LogP contribution in [0.2, 0.25) is 10.0 Å². The van der Waals surface area contributed by atoms with E-state index in [0.717, 1.165) is 49.1 Å². The van der Waals surface area contributed by atoms with Crippen LogP contribution in [0.1, 0.15) is 57.8 Å². The van der Waals surface area contributed by atoms with Gasteiger partial charge < -0.3 is 9.84 Å². The Morgan fingerprint density at radius 1 is 1.03 bits per heavy atom. The second-order valence-corrected chi connectivity index (χ2v) is 9.14. The number of aromatic amines is 1. The molecule has 2 aromatic carbocycles. The fraction of sp³-hybridized carbons (Fsp3) is 0.435. The summed E-state index contributed by atoms with van der Waals surface area (Å²) in [6.45, 7) is 6.91. The van der Waals surface area contributed by atoms with Gasteiger partial charge in [0.25, 0.3) is 0 Å². The molecule has 1 heterocycles. The van der Waals surface area contributed by atoms with Crippen molar-refractivity contribution in [1.82, 2.24) is 20.6 Å². The number of hydrogen-bond donors (Lipinski definition) is 2. The predicted molar refractivity (Wildman–Crippen MR) is 124 cm³/mol. The first-order chi connectivity index (χ1) is 14.8. The van der Waals surface area contributed by atoms with Crippen LogP contribution in [-0.2, 0) is 11.8 Å². The van der Waals surface area contributed by atoms with Crippen LogP contribution in [0.3, 0.4) is 0 Å². The van der Waals surface area contributed by atoms with Crippen molar-refractivity contribution in [2.75, 3.05) is 6.61 Å². The third kappa shape index (κ3) is 7.09. The molecule has 3 aromatic rings. The molecule has 0 amide bonds. The molecule has 0 aliphatic heterocycles. The maximum absolute atomic E-state index is 10.6. The Hall–Kier alpha value is -1.31. The first-order valence-corrected chi connectivity index (χ1v) is 11.2. The number of aryl methyl sites for hydroxylation is 1. The molecule has 0 saturated heterocycles. The second kappa shape index (κ2) is 12.2. The molecule has 0 saturated carbocycles. The van der Waals surface area contributed by atoms with Gasteiger partial charge in [0.2, 0.25) is 0 Å². The summed E-state index contributed by atoms with van der Waals surface area (Å²) in [7, 11) is 0. The third-order valence-electron chi connectivity index (χ3n) is 5.39. The minimum atomic E-state index is -0.103. The quantitative estimate of drug-likeness (QED) is 0.339. The summed E-state index contributed by atoms with van der Waals surface area (Å²) >= 11 is 12.2. The van der Waals surface area contributed by atoms with E-state index in [1.807, 2.05) is 6.07 Å². The number of phenols is 1.